The Morgan fingerprint density at radius 3 is 2.58 bits per heavy atom. The third-order valence-corrected chi connectivity index (χ3v) is 2.62. The predicted molar refractivity (Wildman–Crippen MR) is 72.4 cm³/mol. The van der Waals surface area contributed by atoms with E-state index in [1.807, 2.05) is 20.8 Å². The Morgan fingerprint density at radius 1 is 1.21 bits per heavy atom. The number of carbonyl (C=O) groups is 2. The Balaban J connectivity index is 2.28. The van der Waals surface area contributed by atoms with E-state index in [0.717, 1.165) is 0 Å². The molecule has 0 spiro atoms. The number of hydrogen-bond acceptors (Lipinski definition) is 4. The molecule has 0 radical (unpaired) electrons. The summed E-state index contributed by atoms with van der Waals surface area (Å²) in [5.41, 5.74) is 1.12. The molecule has 0 bridgehead atoms. The molecular weight excluding hydrogens is 244 g/mol. The topological polar surface area (TPSA) is 67.4 Å². The van der Waals surface area contributed by atoms with Gasteiger partial charge in [0.25, 0.3) is 5.91 Å². The Labute approximate surface area is 112 Å². The van der Waals surface area contributed by atoms with E-state index >= 15 is 0 Å². The van der Waals surface area contributed by atoms with Crippen molar-refractivity contribution in [1.82, 2.24) is 5.32 Å². The molecule has 0 saturated heterocycles. The number of amides is 1. The van der Waals surface area contributed by atoms with Gasteiger partial charge in [0.2, 0.25) is 0 Å². The Morgan fingerprint density at radius 2 is 1.89 bits per heavy atom. The van der Waals surface area contributed by atoms with Gasteiger partial charge in [-0.1, -0.05) is 0 Å². The molecule has 1 heterocycles. The molecule has 1 aliphatic rings. The molecule has 2 N–H and O–H groups in total. The number of anilines is 1. The van der Waals surface area contributed by atoms with E-state index in [4.69, 9.17) is 4.74 Å². The van der Waals surface area contributed by atoms with Gasteiger partial charge in [-0.15, -0.1) is 0 Å². The van der Waals surface area contributed by atoms with Crippen LogP contribution in [-0.4, -0.2) is 30.6 Å². The highest BCUT2D eigenvalue weighted by molar-refractivity contribution is 6.02. The van der Waals surface area contributed by atoms with E-state index < -0.39 is 5.60 Å². The molecule has 1 amide bonds. The fourth-order valence-corrected chi connectivity index (χ4v) is 1.82. The van der Waals surface area contributed by atoms with E-state index in [9.17, 15) is 9.59 Å². The minimum absolute atomic E-state index is 0.129. The fourth-order valence-electron chi connectivity index (χ4n) is 1.82. The van der Waals surface area contributed by atoms with Gasteiger partial charge in [-0.2, -0.15) is 0 Å². The lowest BCUT2D eigenvalue weighted by Crippen LogP contribution is -2.25. The maximum absolute atomic E-state index is 12.0. The number of esters is 1. The molecular formula is C14H18N2O3. The molecule has 1 aliphatic heterocycles. The van der Waals surface area contributed by atoms with Crippen molar-refractivity contribution >= 4 is 17.6 Å². The summed E-state index contributed by atoms with van der Waals surface area (Å²) in [4.78, 5) is 23.7. The van der Waals surface area contributed by atoms with Crippen molar-refractivity contribution in [2.45, 2.75) is 26.4 Å². The summed E-state index contributed by atoms with van der Waals surface area (Å²) in [5, 5.41) is 5.89. The molecule has 1 aromatic carbocycles. The summed E-state index contributed by atoms with van der Waals surface area (Å²) >= 11 is 0. The average molecular weight is 262 g/mol. The highest BCUT2D eigenvalue weighted by atomic mass is 16.6. The van der Waals surface area contributed by atoms with Crippen LogP contribution in [0.4, 0.5) is 5.69 Å². The standard InChI is InChI=1S/C14H18N2O3/c1-14(2,3)19-13(18)9-4-5-10-11(8-9)15-6-7-16-12(10)17/h4-5,8,15H,6-7H2,1-3H3,(H,16,17). The van der Waals surface area contributed by atoms with Gasteiger partial charge in [0, 0.05) is 18.8 Å². The van der Waals surface area contributed by atoms with E-state index in [1.54, 1.807) is 18.2 Å². The largest absolute Gasteiger partial charge is 0.456 e. The normalized spacial score (nSPS) is 14.8. The van der Waals surface area contributed by atoms with Crippen LogP contribution in [0.25, 0.3) is 0 Å². The van der Waals surface area contributed by atoms with Crippen LogP contribution >= 0.6 is 0 Å². The number of ether oxygens (including phenoxy) is 1. The van der Waals surface area contributed by atoms with Crippen LogP contribution in [0.15, 0.2) is 18.2 Å². The second kappa shape index (κ2) is 4.91. The van der Waals surface area contributed by atoms with Crippen LogP contribution < -0.4 is 10.6 Å². The first kappa shape index (κ1) is 13.4. The summed E-state index contributed by atoms with van der Waals surface area (Å²) in [7, 11) is 0. The van der Waals surface area contributed by atoms with Gasteiger partial charge < -0.3 is 15.4 Å². The molecule has 102 valence electrons. The number of nitrogens with one attached hydrogen (secondary N) is 2. The van der Waals surface area contributed by atoms with Gasteiger partial charge in [-0.3, -0.25) is 4.79 Å². The van der Waals surface area contributed by atoms with Crippen LogP contribution in [0.1, 0.15) is 41.5 Å². The number of hydrogen-bond donors (Lipinski definition) is 2. The van der Waals surface area contributed by atoms with Gasteiger partial charge in [-0.25, -0.2) is 4.79 Å². The number of rotatable bonds is 1. The molecule has 5 heteroatoms. The summed E-state index contributed by atoms with van der Waals surface area (Å²) in [6.45, 7) is 6.66. The lowest BCUT2D eigenvalue weighted by Gasteiger charge is -2.19. The molecule has 0 atom stereocenters. The second-order valence-corrected chi connectivity index (χ2v) is 5.44. The number of benzene rings is 1. The van der Waals surface area contributed by atoms with Crippen molar-refractivity contribution < 1.29 is 14.3 Å². The lowest BCUT2D eigenvalue weighted by atomic mass is 10.1. The van der Waals surface area contributed by atoms with E-state index in [-0.39, 0.29) is 11.9 Å². The maximum atomic E-state index is 12.0. The fraction of sp³-hybridized carbons (Fsp3) is 0.429. The van der Waals surface area contributed by atoms with Gasteiger partial charge in [0.05, 0.1) is 11.1 Å². The summed E-state index contributed by atoms with van der Waals surface area (Å²) in [6.07, 6.45) is 0. The summed E-state index contributed by atoms with van der Waals surface area (Å²) in [5.74, 6) is -0.516. The first-order valence-corrected chi connectivity index (χ1v) is 6.26. The quantitative estimate of drug-likeness (QED) is 0.757. The highest BCUT2D eigenvalue weighted by Crippen LogP contribution is 2.21. The Hall–Kier alpha value is -2.04. The third-order valence-electron chi connectivity index (χ3n) is 2.62. The highest BCUT2D eigenvalue weighted by Gasteiger charge is 2.21. The first-order chi connectivity index (χ1) is 8.87. The molecule has 0 fully saturated rings. The molecule has 19 heavy (non-hydrogen) atoms. The zero-order chi connectivity index (χ0) is 14.0. The third kappa shape index (κ3) is 3.24. The second-order valence-electron chi connectivity index (χ2n) is 5.44. The van der Waals surface area contributed by atoms with Gasteiger partial charge in [0.1, 0.15) is 5.60 Å². The molecule has 5 nitrogen and oxygen atoms in total. The van der Waals surface area contributed by atoms with Crippen LogP contribution in [0.3, 0.4) is 0 Å². The van der Waals surface area contributed by atoms with Crippen LogP contribution in [0.5, 0.6) is 0 Å². The van der Waals surface area contributed by atoms with Crippen molar-refractivity contribution in [3.63, 3.8) is 0 Å². The smallest absolute Gasteiger partial charge is 0.338 e. The molecule has 0 aliphatic carbocycles. The Kier molecular flexibility index (Phi) is 3.46. The minimum atomic E-state index is -0.533. The van der Waals surface area contributed by atoms with Crippen LogP contribution in [0, 0.1) is 0 Å². The molecule has 1 aromatic rings. The van der Waals surface area contributed by atoms with Gasteiger partial charge >= 0.3 is 5.97 Å². The van der Waals surface area contributed by atoms with Crippen LogP contribution in [0.2, 0.25) is 0 Å². The van der Waals surface area contributed by atoms with Gasteiger partial charge in [0.15, 0.2) is 0 Å². The molecule has 0 saturated carbocycles. The van der Waals surface area contributed by atoms with E-state index in [0.29, 0.717) is 29.9 Å². The average Bonchev–Trinajstić information content (AvgIpc) is 2.49. The molecule has 0 unspecified atom stereocenters. The molecule has 0 aromatic heterocycles. The Bertz CT molecular complexity index is 518. The zero-order valence-electron chi connectivity index (χ0n) is 11.4. The monoisotopic (exact) mass is 262 g/mol. The van der Waals surface area contributed by atoms with E-state index in [1.165, 1.54) is 0 Å². The lowest BCUT2D eigenvalue weighted by molar-refractivity contribution is 0.00694. The maximum Gasteiger partial charge on any atom is 0.338 e. The predicted octanol–water partition coefficient (Wildman–Crippen LogP) is 1.80. The van der Waals surface area contributed by atoms with Crippen molar-refractivity contribution in [3.05, 3.63) is 29.3 Å². The van der Waals surface area contributed by atoms with Crippen molar-refractivity contribution in [2.75, 3.05) is 18.4 Å². The number of fused-ring (bicyclic) bond motifs is 1. The van der Waals surface area contributed by atoms with Crippen LogP contribution in [-0.2, 0) is 4.74 Å². The SMILES string of the molecule is CC(C)(C)OC(=O)c1ccc2c(c1)NCCNC2=O. The van der Waals surface area contributed by atoms with Gasteiger partial charge in [-0.05, 0) is 39.0 Å². The van der Waals surface area contributed by atoms with E-state index in [2.05, 4.69) is 10.6 Å². The minimum Gasteiger partial charge on any atom is -0.456 e. The summed E-state index contributed by atoms with van der Waals surface area (Å²) < 4.78 is 5.31. The van der Waals surface area contributed by atoms with Crippen molar-refractivity contribution in [1.29, 1.82) is 0 Å². The zero-order valence-corrected chi connectivity index (χ0v) is 11.4. The first-order valence-electron chi connectivity index (χ1n) is 6.26. The number of carbonyl (C=O) groups excluding carboxylic acids is 2. The molecule has 2 rings (SSSR count). The van der Waals surface area contributed by atoms with Crippen molar-refractivity contribution in [2.24, 2.45) is 0 Å². The summed E-state index contributed by atoms with van der Waals surface area (Å²) in [6, 6.07) is 4.91. The van der Waals surface area contributed by atoms with Crippen molar-refractivity contribution in [3.8, 4) is 0 Å².